The number of nitrogens with one attached hydrogen (secondary N) is 1. The lowest BCUT2D eigenvalue weighted by Crippen LogP contribution is -2.40. The number of hydrazine groups is 1. The highest BCUT2D eigenvalue weighted by atomic mass is 19.1. The van der Waals surface area contributed by atoms with Gasteiger partial charge in [0, 0.05) is 12.0 Å². The molecule has 0 radical (unpaired) electrons. The van der Waals surface area contributed by atoms with Gasteiger partial charge in [-0.1, -0.05) is 36.4 Å². The topological polar surface area (TPSA) is 38.0 Å². The Hall–Kier alpha value is -1.71. The average molecular weight is 270 g/mol. The molecule has 2 nitrogen and oxygen atoms in total. The number of halogens is 1. The van der Waals surface area contributed by atoms with Crippen LogP contribution in [0.4, 0.5) is 4.39 Å². The van der Waals surface area contributed by atoms with E-state index in [9.17, 15) is 4.39 Å². The molecule has 3 heteroatoms. The summed E-state index contributed by atoms with van der Waals surface area (Å²) in [4.78, 5) is 0. The summed E-state index contributed by atoms with van der Waals surface area (Å²) in [6.45, 7) is 0. The number of rotatable bonds is 4. The number of aryl methyl sites for hydroxylation is 1. The van der Waals surface area contributed by atoms with Gasteiger partial charge in [0.25, 0.3) is 0 Å². The summed E-state index contributed by atoms with van der Waals surface area (Å²) in [6.07, 6.45) is 2.94. The lowest BCUT2D eigenvalue weighted by Gasteiger charge is -2.24. The van der Waals surface area contributed by atoms with Gasteiger partial charge in [-0.25, -0.2) is 4.39 Å². The van der Waals surface area contributed by atoms with E-state index in [1.54, 1.807) is 12.1 Å². The molecule has 20 heavy (non-hydrogen) atoms. The van der Waals surface area contributed by atoms with Crippen LogP contribution in [0.5, 0.6) is 0 Å². The number of fused-ring (bicyclic) bond motifs is 1. The highest BCUT2D eigenvalue weighted by Gasteiger charge is 2.28. The van der Waals surface area contributed by atoms with Crippen molar-refractivity contribution in [2.24, 2.45) is 5.84 Å². The minimum atomic E-state index is -0.190. The Balaban J connectivity index is 1.81. The molecule has 1 aliphatic rings. The highest BCUT2D eigenvalue weighted by molar-refractivity contribution is 5.36. The van der Waals surface area contributed by atoms with Gasteiger partial charge in [-0.15, -0.1) is 0 Å². The van der Waals surface area contributed by atoms with Gasteiger partial charge in [-0.2, -0.15) is 0 Å². The second kappa shape index (κ2) is 5.73. The van der Waals surface area contributed by atoms with E-state index in [0.29, 0.717) is 5.92 Å². The zero-order valence-corrected chi connectivity index (χ0v) is 11.4. The molecule has 0 bridgehead atoms. The summed E-state index contributed by atoms with van der Waals surface area (Å²) in [5.74, 6) is 5.96. The first-order chi connectivity index (χ1) is 9.78. The zero-order valence-electron chi connectivity index (χ0n) is 11.4. The van der Waals surface area contributed by atoms with E-state index < -0.39 is 0 Å². The number of nitrogens with two attached hydrogens (primary N) is 1. The van der Waals surface area contributed by atoms with Crippen molar-refractivity contribution >= 4 is 0 Å². The lowest BCUT2D eigenvalue weighted by atomic mass is 9.89. The van der Waals surface area contributed by atoms with E-state index >= 15 is 0 Å². The van der Waals surface area contributed by atoms with Crippen molar-refractivity contribution in [1.29, 1.82) is 0 Å². The summed E-state index contributed by atoms with van der Waals surface area (Å²) in [5, 5.41) is 0. The molecule has 0 saturated carbocycles. The first-order valence-corrected chi connectivity index (χ1v) is 7.06. The maximum Gasteiger partial charge on any atom is 0.123 e. The van der Waals surface area contributed by atoms with Crippen molar-refractivity contribution in [1.82, 2.24) is 5.43 Å². The summed E-state index contributed by atoms with van der Waals surface area (Å²) in [6, 6.07) is 15.4. The molecule has 0 amide bonds. The monoisotopic (exact) mass is 270 g/mol. The van der Waals surface area contributed by atoms with E-state index in [4.69, 9.17) is 5.84 Å². The van der Waals surface area contributed by atoms with Crippen LogP contribution in [0.1, 0.15) is 29.0 Å². The van der Waals surface area contributed by atoms with Gasteiger partial charge < -0.3 is 0 Å². The molecule has 2 atom stereocenters. The molecular weight excluding hydrogens is 251 g/mol. The molecule has 2 unspecified atom stereocenters. The SMILES string of the molecule is NNC(Cc1cccc(F)c1)C1CCc2ccccc21. The Bertz CT molecular complexity index is 597. The minimum Gasteiger partial charge on any atom is -0.271 e. The van der Waals surface area contributed by atoms with Crippen LogP contribution in [0.25, 0.3) is 0 Å². The van der Waals surface area contributed by atoms with Crippen LogP contribution in [0.2, 0.25) is 0 Å². The third kappa shape index (κ3) is 2.60. The van der Waals surface area contributed by atoms with E-state index in [-0.39, 0.29) is 11.9 Å². The molecule has 2 aromatic carbocycles. The van der Waals surface area contributed by atoms with E-state index in [1.165, 1.54) is 17.2 Å². The first-order valence-electron chi connectivity index (χ1n) is 7.06. The largest absolute Gasteiger partial charge is 0.271 e. The van der Waals surface area contributed by atoms with E-state index in [0.717, 1.165) is 24.8 Å². The van der Waals surface area contributed by atoms with Gasteiger partial charge in [0.1, 0.15) is 5.82 Å². The van der Waals surface area contributed by atoms with Crippen molar-refractivity contribution in [3.05, 3.63) is 71.0 Å². The van der Waals surface area contributed by atoms with Crippen LogP contribution >= 0.6 is 0 Å². The molecular formula is C17H19FN2. The van der Waals surface area contributed by atoms with Gasteiger partial charge in [-0.3, -0.25) is 11.3 Å². The third-order valence-electron chi connectivity index (χ3n) is 4.22. The molecule has 1 aliphatic carbocycles. The normalized spacial score (nSPS) is 18.8. The van der Waals surface area contributed by atoms with Crippen LogP contribution in [0.3, 0.4) is 0 Å². The molecule has 0 saturated heterocycles. The van der Waals surface area contributed by atoms with E-state index in [1.807, 2.05) is 6.07 Å². The lowest BCUT2D eigenvalue weighted by molar-refractivity contribution is 0.433. The first kappa shape index (κ1) is 13.3. The second-order valence-electron chi connectivity index (χ2n) is 5.45. The quantitative estimate of drug-likeness (QED) is 0.662. The van der Waals surface area contributed by atoms with Gasteiger partial charge in [-0.05, 0) is 48.1 Å². The van der Waals surface area contributed by atoms with Crippen molar-refractivity contribution in [3.63, 3.8) is 0 Å². The molecule has 0 heterocycles. The Morgan fingerprint density at radius 2 is 2.05 bits per heavy atom. The van der Waals surface area contributed by atoms with Gasteiger partial charge >= 0.3 is 0 Å². The fourth-order valence-corrected chi connectivity index (χ4v) is 3.24. The molecule has 3 rings (SSSR count). The molecule has 2 aromatic rings. The highest BCUT2D eigenvalue weighted by Crippen LogP contribution is 2.36. The maximum atomic E-state index is 13.3. The molecule has 0 aliphatic heterocycles. The summed E-state index contributed by atoms with van der Waals surface area (Å²) < 4.78 is 13.3. The number of hydrogen-bond acceptors (Lipinski definition) is 2. The summed E-state index contributed by atoms with van der Waals surface area (Å²) in [7, 11) is 0. The van der Waals surface area contributed by atoms with Crippen molar-refractivity contribution in [2.45, 2.75) is 31.2 Å². The standard InChI is InChI=1S/C17H19FN2/c18-14-6-3-4-12(10-14)11-17(20-19)16-9-8-13-5-1-2-7-15(13)16/h1-7,10,16-17,20H,8-9,11,19H2. The molecule has 0 spiro atoms. The molecule has 0 aromatic heterocycles. The van der Waals surface area contributed by atoms with Gasteiger partial charge in [0.2, 0.25) is 0 Å². The maximum absolute atomic E-state index is 13.3. The minimum absolute atomic E-state index is 0.139. The van der Waals surface area contributed by atoms with Crippen LogP contribution < -0.4 is 11.3 Å². The van der Waals surface area contributed by atoms with Gasteiger partial charge in [0.05, 0.1) is 0 Å². The fraction of sp³-hybridized carbons (Fsp3) is 0.294. The van der Waals surface area contributed by atoms with Crippen molar-refractivity contribution in [3.8, 4) is 0 Å². The van der Waals surface area contributed by atoms with Crippen molar-refractivity contribution in [2.75, 3.05) is 0 Å². The fourth-order valence-electron chi connectivity index (χ4n) is 3.24. The molecule has 104 valence electrons. The van der Waals surface area contributed by atoms with Gasteiger partial charge in [0.15, 0.2) is 0 Å². The Labute approximate surface area is 118 Å². The summed E-state index contributed by atoms with van der Waals surface area (Å²) in [5.41, 5.74) is 6.71. The van der Waals surface area contributed by atoms with Crippen LogP contribution in [-0.2, 0) is 12.8 Å². The van der Waals surface area contributed by atoms with Crippen molar-refractivity contribution < 1.29 is 4.39 Å². The second-order valence-corrected chi connectivity index (χ2v) is 5.45. The third-order valence-corrected chi connectivity index (χ3v) is 4.22. The number of hydrogen-bond donors (Lipinski definition) is 2. The molecule has 3 N–H and O–H groups in total. The Kier molecular flexibility index (Phi) is 3.81. The zero-order chi connectivity index (χ0) is 13.9. The molecule has 0 fully saturated rings. The van der Waals surface area contributed by atoms with Crippen LogP contribution in [-0.4, -0.2) is 6.04 Å². The smallest absolute Gasteiger partial charge is 0.123 e. The predicted octanol–water partition coefficient (Wildman–Crippen LogP) is 2.93. The Morgan fingerprint density at radius 1 is 1.20 bits per heavy atom. The van der Waals surface area contributed by atoms with Crippen LogP contribution in [0.15, 0.2) is 48.5 Å². The van der Waals surface area contributed by atoms with E-state index in [2.05, 4.69) is 29.7 Å². The predicted molar refractivity (Wildman–Crippen MR) is 78.7 cm³/mol. The number of benzene rings is 2. The van der Waals surface area contributed by atoms with Crippen LogP contribution in [0, 0.1) is 5.82 Å². The Morgan fingerprint density at radius 3 is 2.85 bits per heavy atom. The average Bonchev–Trinajstić information content (AvgIpc) is 2.89. The summed E-state index contributed by atoms with van der Waals surface area (Å²) >= 11 is 0.